The van der Waals surface area contributed by atoms with Gasteiger partial charge < -0.3 is 10.1 Å². The van der Waals surface area contributed by atoms with Crippen molar-refractivity contribution >= 4 is 56.5 Å². The SMILES string of the molecule is Cc1ccc(NC(=O)COc2cccc(/C=C3\SC(=O)N(Cc4ccccc4Br)C3=O)c2)c(C)c1. The highest BCUT2D eigenvalue weighted by Gasteiger charge is 2.35. The molecule has 1 fully saturated rings. The van der Waals surface area contributed by atoms with Crippen molar-refractivity contribution < 1.29 is 19.1 Å². The van der Waals surface area contributed by atoms with E-state index in [1.54, 1.807) is 24.3 Å². The van der Waals surface area contributed by atoms with Crippen LogP contribution in [0.4, 0.5) is 10.5 Å². The van der Waals surface area contributed by atoms with E-state index in [9.17, 15) is 14.4 Å². The molecule has 0 saturated carbocycles. The van der Waals surface area contributed by atoms with E-state index in [1.165, 1.54) is 4.90 Å². The molecule has 8 heteroatoms. The van der Waals surface area contributed by atoms with E-state index in [1.807, 2.05) is 62.4 Å². The van der Waals surface area contributed by atoms with Crippen LogP contribution >= 0.6 is 27.7 Å². The molecule has 1 aliphatic heterocycles. The molecule has 0 radical (unpaired) electrons. The lowest BCUT2D eigenvalue weighted by Gasteiger charge is -2.13. The molecule has 3 aromatic rings. The third-order valence-electron chi connectivity index (χ3n) is 5.34. The molecule has 0 unspecified atom stereocenters. The fraction of sp³-hybridized carbons (Fsp3) is 0.148. The molecule has 3 amide bonds. The zero-order valence-electron chi connectivity index (χ0n) is 19.2. The topological polar surface area (TPSA) is 75.7 Å². The van der Waals surface area contributed by atoms with Crippen LogP contribution in [-0.2, 0) is 16.1 Å². The molecule has 6 nitrogen and oxygen atoms in total. The second-order valence-corrected chi connectivity index (χ2v) is 9.93. The minimum atomic E-state index is -0.338. The Hall–Kier alpha value is -3.36. The van der Waals surface area contributed by atoms with Gasteiger partial charge in [-0.25, -0.2) is 0 Å². The van der Waals surface area contributed by atoms with Crippen LogP contribution in [0.15, 0.2) is 76.1 Å². The normalized spacial score (nSPS) is 14.5. The number of rotatable bonds is 7. The Labute approximate surface area is 216 Å². The van der Waals surface area contributed by atoms with Crippen LogP contribution in [0.1, 0.15) is 22.3 Å². The fourth-order valence-electron chi connectivity index (χ4n) is 3.57. The Kier molecular flexibility index (Phi) is 7.73. The molecule has 0 aromatic heterocycles. The second-order valence-electron chi connectivity index (χ2n) is 8.09. The first-order valence-corrected chi connectivity index (χ1v) is 12.5. The van der Waals surface area contributed by atoms with Crippen molar-refractivity contribution in [3.8, 4) is 5.75 Å². The van der Waals surface area contributed by atoms with Gasteiger partial charge >= 0.3 is 0 Å². The molecule has 1 heterocycles. The van der Waals surface area contributed by atoms with Gasteiger partial charge in [0.05, 0.1) is 11.4 Å². The zero-order valence-corrected chi connectivity index (χ0v) is 21.6. The number of aryl methyl sites for hydroxylation is 2. The Morgan fingerprint density at radius 3 is 2.63 bits per heavy atom. The smallest absolute Gasteiger partial charge is 0.293 e. The number of ether oxygens (including phenoxy) is 1. The van der Waals surface area contributed by atoms with E-state index in [-0.39, 0.29) is 30.2 Å². The van der Waals surface area contributed by atoms with Crippen LogP contribution in [0.5, 0.6) is 5.75 Å². The Balaban J connectivity index is 1.40. The Morgan fingerprint density at radius 2 is 1.86 bits per heavy atom. The summed E-state index contributed by atoms with van der Waals surface area (Å²) in [7, 11) is 0. The van der Waals surface area contributed by atoms with Crippen molar-refractivity contribution in [2.45, 2.75) is 20.4 Å². The molecule has 0 spiro atoms. The summed E-state index contributed by atoms with van der Waals surface area (Å²) in [5.41, 5.74) is 4.40. The molecule has 178 valence electrons. The quantitative estimate of drug-likeness (QED) is 0.348. The monoisotopic (exact) mass is 550 g/mol. The van der Waals surface area contributed by atoms with E-state index in [0.717, 1.165) is 38.6 Å². The number of nitrogens with zero attached hydrogens (tertiary/aromatic N) is 1. The average molecular weight is 551 g/mol. The number of imide groups is 1. The summed E-state index contributed by atoms with van der Waals surface area (Å²) in [6.45, 7) is 3.98. The Bertz CT molecular complexity index is 1340. The third kappa shape index (κ3) is 6.21. The van der Waals surface area contributed by atoms with Gasteiger partial charge in [-0.05, 0) is 72.6 Å². The first-order chi connectivity index (χ1) is 16.8. The third-order valence-corrected chi connectivity index (χ3v) is 7.02. The maximum absolute atomic E-state index is 12.9. The number of hydrogen-bond acceptors (Lipinski definition) is 5. The summed E-state index contributed by atoms with van der Waals surface area (Å²) in [5, 5.41) is 2.54. The van der Waals surface area contributed by atoms with Gasteiger partial charge in [0, 0.05) is 10.2 Å². The standard InChI is InChI=1S/C27H23BrN2O4S/c1-17-10-11-23(18(2)12-17)29-25(31)16-34-21-8-5-6-19(13-21)14-24-26(32)30(27(33)35-24)15-20-7-3-4-9-22(20)28/h3-14H,15-16H2,1-2H3,(H,29,31)/b24-14-. The van der Waals surface area contributed by atoms with Crippen molar-refractivity contribution in [1.29, 1.82) is 0 Å². The second kappa shape index (κ2) is 10.9. The summed E-state index contributed by atoms with van der Waals surface area (Å²) < 4.78 is 6.50. The fourth-order valence-corrected chi connectivity index (χ4v) is 4.82. The van der Waals surface area contributed by atoms with E-state index in [2.05, 4.69) is 21.2 Å². The molecule has 0 bridgehead atoms. The lowest BCUT2D eigenvalue weighted by Crippen LogP contribution is -2.27. The molecule has 4 rings (SSSR count). The van der Waals surface area contributed by atoms with Crippen LogP contribution in [0.3, 0.4) is 0 Å². The summed E-state index contributed by atoms with van der Waals surface area (Å²) in [6.07, 6.45) is 1.66. The van der Waals surface area contributed by atoms with Gasteiger partial charge in [-0.15, -0.1) is 0 Å². The molecule has 0 atom stereocenters. The number of nitrogens with one attached hydrogen (secondary N) is 1. The van der Waals surface area contributed by atoms with Crippen molar-refractivity contribution in [2.24, 2.45) is 0 Å². The van der Waals surface area contributed by atoms with Crippen molar-refractivity contribution in [2.75, 3.05) is 11.9 Å². The van der Waals surface area contributed by atoms with Gasteiger partial charge in [0.1, 0.15) is 5.75 Å². The molecular formula is C27H23BrN2O4S. The summed E-state index contributed by atoms with van der Waals surface area (Å²) in [5.74, 6) is -0.118. The van der Waals surface area contributed by atoms with Gasteiger partial charge in [0.25, 0.3) is 17.1 Å². The molecule has 1 saturated heterocycles. The lowest BCUT2D eigenvalue weighted by atomic mass is 10.1. The van der Waals surface area contributed by atoms with Crippen LogP contribution in [0, 0.1) is 13.8 Å². The first kappa shape index (κ1) is 24.8. The number of benzene rings is 3. The highest BCUT2D eigenvalue weighted by atomic mass is 79.9. The minimum Gasteiger partial charge on any atom is -0.484 e. The van der Waals surface area contributed by atoms with Gasteiger partial charge in [0.2, 0.25) is 0 Å². The predicted octanol–water partition coefficient (Wildman–Crippen LogP) is 6.32. The molecule has 1 N–H and O–H groups in total. The van der Waals surface area contributed by atoms with Crippen LogP contribution in [-0.4, -0.2) is 28.6 Å². The van der Waals surface area contributed by atoms with E-state index >= 15 is 0 Å². The van der Waals surface area contributed by atoms with Gasteiger partial charge in [-0.2, -0.15) is 0 Å². The molecular weight excluding hydrogens is 528 g/mol. The molecule has 3 aromatic carbocycles. The van der Waals surface area contributed by atoms with Crippen molar-refractivity contribution in [1.82, 2.24) is 4.90 Å². The van der Waals surface area contributed by atoms with E-state index in [0.29, 0.717) is 16.2 Å². The largest absolute Gasteiger partial charge is 0.484 e. The molecule has 1 aliphatic rings. The zero-order chi connectivity index (χ0) is 24.9. The summed E-state index contributed by atoms with van der Waals surface area (Å²) in [6, 6.07) is 20.3. The van der Waals surface area contributed by atoms with Crippen molar-refractivity contribution in [3.63, 3.8) is 0 Å². The minimum absolute atomic E-state index is 0.154. The highest BCUT2D eigenvalue weighted by molar-refractivity contribution is 9.10. The number of hydrogen-bond donors (Lipinski definition) is 1. The van der Waals surface area contributed by atoms with Gasteiger partial charge in [-0.3, -0.25) is 19.3 Å². The number of carbonyl (C=O) groups is 3. The molecule has 35 heavy (non-hydrogen) atoms. The maximum atomic E-state index is 12.9. The number of amides is 3. The number of carbonyl (C=O) groups excluding carboxylic acids is 3. The maximum Gasteiger partial charge on any atom is 0.293 e. The first-order valence-electron chi connectivity index (χ1n) is 10.9. The van der Waals surface area contributed by atoms with Crippen LogP contribution < -0.4 is 10.1 Å². The highest BCUT2D eigenvalue weighted by Crippen LogP contribution is 2.34. The summed E-state index contributed by atoms with van der Waals surface area (Å²) in [4.78, 5) is 39.3. The average Bonchev–Trinajstić information content (AvgIpc) is 3.08. The van der Waals surface area contributed by atoms with E-state index < -0.39 is 0 Å². The summed E-state index contributed by atoms with van der Waals surface area (Å²) >= 11 is 4.36. The van der Waals surface area contributed by atoms with Gasteiger partial charge in [-0.1, -0.05) is 64.0 Å². The van der Waals surface area contributed by atoms with Crippen molar-refractivity contribution in [3.05, 3.63) is 98.4 Å². The van der Waals surface area contributed by atoms with Crippen LogP contribution in [0.25, 0.3) is 6.08 Å². The number of thioether (sulfide) groups is 1. The predicted molar refractivity (Wildman–Crippen MR) is 142 cm³/mol. The number of anilines is 1. The van der Waals surface area contributed by atoms with Gasteiger partial charge in [0.15, 0.2) is 6.61 Å². The number of halogens is 1. The Morgan fingerprint density at radius 1 is 1.06 bits per heavy atom. The lowest BCUT2D eigenvalue weighted by molar-refractivity contribution is -0.123. The van der Waals surface area contributed by atoms with Crippen LogP contribution in [0.2, 0.25) is 0 Å². The molecule has 0 aliphatic carbocycles. The van der Waals surface area contributed by atoms with E-state index in [4.69, 9.17) is 4.74 Å².